The fourth-order valence-electron chi connectivity index (χ4n) is 3.91. The van der Waals surface area contributed by atoms with Crippen molar-refractivity contribution in [1.29, 1.82) is 0 Å². The number of ether oxygens (including phenoxy) is 3. The standard InChI is InChI=1S/C34H29NO4/c1-2-34(36)35-27-12-18-31(19-13-27)39-33-22-20-32(21-23-33)38-30-16-10-26(11-17-30)24-25-8-14-29(15-9-25)37-28-6-4-3-5-7-28/h3-23H,2,24H2,1H3,(H,35,36). The zero-order valence-electron chi connectivity index (χ0n) is 21.7. The van der Waals surface area contributed by atoms with Gasteiger partial charge in [0, 0.05) is 12.1 Å². The van der Waals surface area contributed by atoms with Crippen LogP contribution < -0.4 is 19.5 Å². The van der Waals surface area contributed by atoms with Gasteiger partial charge in [0.1, 0.15) is 34.5 Å². The minimum absolute atomic E-state index is 0.0196. The van der Waals surface area contributed by atoms with Crippen molar-refractivity contribution in [3.63, 3.8) is 0 Å². The summed E-state index contributed by atoms with van der Waals surface area (Å²) in [6, 6.07) is 40.8. The van der Waals surface area contributed by atoms with Crippen molar-refractivity contribution in [3.8, 4) is 34.5 Å². The summed E-state index contributed by atoms with van der Waals surface area (Å²) in [4.78, 5) is 11.5. The number of carbonyl (C=O) groups excluding carboxylic acids is 1. The molecule has 0 aliphatic heterocycles. The van der Waals surface area contributed by atoms with Crippen molar-refractivity contribution in [3.05, 3.63) is 139 Å². The van der Waals surface area contributed by atoms with E-state index in [1.807, 2.05) is 110 Å². The topological polar surface area (TPSA) is 56.8 Å². The van der Waals surface area contributed by atoms with E-state index in [-0.39, 0.29) is 5.91 Å². The predicted molar refractivity (Wildman–Crippen MR) is 154 cm³/mol. The minimum atomic E-state index is -0.0196. The van der Waals surface area contributed by atoms with Crippen LogP contribution in [0.3, 0.4) is 0 Å². The molecule has 5 heteroatoms. The van der Waals surface area contributed by atoms with E-state index in [2.05, 4.69) is 29.6 Å². The van der Waals surface area contributed by atoms with Gasteiger partial charge in [-0.25, -0.2) is 0 Å². The molecule has 0 saturated heterocycles. The summed E-state index contributed by atoms with van der Waals surface area (Å²) in [5.74, 6) is 4.50. The van der Waals surface area contributed by atoms with Crippen LogP contribution in [0.5, 0.6) is 34.5 Å². The lowest BCUT2D eigenvalue weighted by atomic mass is 10.0. The number of carbonyl (C=O) groups is 1. The number of rotatable bonds is 10. The molecule has 194 valence electrons. The first kappa shape index (κ1) is 25.6. The van der Waals surface area contributed by atoms with Crippen LogP contribution in [0.4, 0.5) is 5.69 Å². The third-order valence-corrected chi connectivity index (χ3v) is 5.99. The van der Waals surface area contributed by atoms with Gasteiger partial charge in [-0.1, -0.05) is 49.4 Å². The Kier molecular flexibility index (Phi) is 8.19. The van der Waals surface area contributed by atoms with Crippen LogP contribution in [0.2, 0.25) is 0 Å². The highest BCUT2D eigenvalue weighted by Crippen LogP contribution is 2.28. The van der Waals surface area contributed by atoms with Crippen LogP contribution in [0.15, 0.2) is 127 Å². The summed E-state index contributed by atoms with van der Waals surface area (Å²) in [6.07, 6.45) is 1.27. The lowest BCUT2D eigenvalue weighted by molar-refractivity contribution is -0.115. The number of hydrogen-bond acceptors (Lipinski definition) is 4. The molecular formula is C34H29NO4. The van der Waals surface area contributed by atoms with Crippen LogP contribution in [-0.4, -0.2) is 5.91 Å². The third kappa shape index (κ3) is 7.49. The van der Waals surface area contributed by atoms with Gasteiger partial charge in [0.2, 0.25) is 5.91 Å². The molecule has 0 saturated carbocycles. The Morgan fingerprint density at radius 2 is 0.872 bits per heavy atom. The Bertz CT molecular complexity index is 1480. The zero-order valence-corrected chi connectivity index (χ0v) is 21.7. The Morgan fingerprint density at radius 3 is 1.28 bits per heavy atom. The number of hydrogen-bond donors (Lipinski definition) is 1. The molecule has 39 heavy (non-hydrogen) atoms. The lowest BCUT2D eigenvalue weighted by Crippen LogP contribution is -2.08. The van der Waals surface area contributed by atoms with Gasteiger partial charge in [0.05, 0.1) is 0 Å². The van der Waals surface area contributed by atoms with E-state index in [1.165, 1.54) is 11.1 Å². The molecule has 5 nitrogen and oxygen atoms in total. The van der Waals surface area contributed by atoms with E-state index in [1.54, 1.807) is 0 Å². The van der Waals surface area contributed by atoms with Gasteiger partial charge >= 0.3 is 0 Å². The van der Waals surface area contributed by atoms with Crippen LogP contribution in [0.25, 0.3) is 0 Å². The monoisotopic (exact) mass is 515 g/mol. The molecule has 0 fully saturated rings. The average Bonchev–Trinajstić information content (AvgIpc) is 2.98. The second-order valence-electron chi connectivity index (χ2n) is 8.98. The summed E-state index contributed by atoms with van der Waals surface area (Å²) < 4.78 is 17.8. The van der Waals surface area contributed by atoms with E-state index in [9.17, 15) is 4.79 Å². The molecular weight excluding hydrogens is 486 g/mol. The van der Waals surface area contributed by atoms with E-state index in [0.717, 1.165) is 35.1 Å². The molecule has 0 aliphatic rings. The van der Waals surface area contributed by atoms with Crippen molar-refractivity contribution in [2.75, 3.05) is 5.32 Å². The molecule has 0 heterocycles. The van der Waals surface area contributed by atoms with Gasteiger partial charge in [-0.15, -0.1) is 0 Å². The molecule has 1 N–H and O–H groups in total. The van der Waals surface area contributed by atoms with Crippen molar-refractivity contribution in [2.45, 2.75) is 19.8 Å². The summed E-state index contributed by atoms with van der Waals surface area (Å²) in [6.45, 7) is 1.82. The Hall–Kier alpha value is -5.03. The molecule has 5 aromatic rings. The SMILES string of the molecule is CCC(=O)Nc1ccc(Oc2ccc(Oc3ccc(Cc4ccc(Oc5ccccc5)cc4)cc3)cc2)cc1. The molecule has 5 rings (SSSR count). The van der Waals surface area contributed by atoms with E-state index in [4.69, 9.17) is 14.2 Å². The number of anilines is 1. The quantitative estimate of drug-likeness (QED) is 0.202. The summed E-state index contributed by atoms with van der Waals surface area (Å²) >= 11 is 0. The van der Waals surface area contributed by atoms with Crippen LogP contribution >= 0.6 is 0 Å². The number of amides is 1. The van der Waals surface area contributed by atoms with Crippen molar-refractivity contribution >= 4 is 11.6 Å². The Morgan fingerprint density at radius 1 is 0.513 bits per heavy atom. The second-order valence-corrected chi connectivity index (χ2v) is 8.98. The van der Waals surface area contributed by atoms with Crippen LogP contribution in [-0.2, 0) is 11.2 Å². The maximum Gasteiger partial charge on any atom is 0.224 e. The average molecular weight is 516 g/mol. The van der Waals surface area contributed by atoms with Crippen molar-refractivity contribution in [2.24, 2.45) is 0 Å². The van der Waals surface area contributed by atoms with Gasteiger partial charge in [0.15, 0.2) is 0 Å². The maximum atomic E-state index is 11.5. The van der Waals surface area contributed by atoms with Crippen molar-refractivity contribution < 1.29 is 19.0 Å². The summed E-state index contributed by atoms with van der Waals surface area (Å²) in [7, 11) is 0. The first-order valence-corrected chi connectivity index (χ1v) is 12.9. The van der Waals surface area contributed by atoms with Crippen LogP contribution in [0, 0.1) is 0 Å². The number of benzene rings is 5. The second kappa shape index (κ2) is 12.5. The first-order valence-electron chi connectivity index (χ1n) is 12.9. The molecule has 0 aliphatic carbocycles. The summed E-state index contributed by atoms with van der Waals surface area (Å²) in [5.41, 5.74) is 3.15. The Balaban J connectivity index is 1.12. The van der Waals surface area contributed by atoms with Gasteiger partial charge in [0.25, 0.3) is 0 Å². The van der Waals surface area contributed by atoms with E-state index in [0.29, 0.717) is 17.9 Å². The maximum absolute atomic E-state index is 11.5. The van der Waals surface area contributed by atoms with Crippen LogP contribution in [0.1, 0.15) is 24.5 Å². The van der Waals surface area contributed by atoms with Gasteiger partial charge in [-0.3, -0.25) is 4.79 Å². The fraction of sp³-hybridized carbons (Fsp3) is 0.0882. The molecule has 1 amide bonds. The van der Waals surface area contributed by atoms with E-state index >= 15 is 0 Å². The van der Waals surface area contributed by atoms with Gasteiger partial charge in [-0.05, 0) is 102 Å². The normalized spacial score (nSPS) is 10.5. The fourth-order valence-corrected chi connectivity index (χ4v) is 3.91. The molecule has 0 aromatic heterocycles. The molecule has 0 bridgehead atoms. The predicted octanol–water partition coefficient (Wildman–Crippen LogP) is 9.00. The smallest absolute Gasteiger partial charge is 0.224 e. The number of para-hydroxylation sites is 1. The van der Waals surface area contributed by atoms with Crippen molar-refractivity contribution in [1.82, 2.24) is 0 Å². The molecule has 0 radical (unpaired) electrons. The number of nitrogens with one attached hydrogen (secondary N) is 1. The van der Waals surface area contributed by atoms with Gasteiger partial charge < -0.3 is 19.5 Å². The molecule has 0 atom stereocenters. The highest BCUT2D eigenvalue weighted by Gasteiger charge is 2.04. The zero-order chi connectivity index (χ0) is 26.9. The first-order chi connectivity index (χ1) is 19.1. The lowest BCUT2D eigenvalue weighted by Gasteiger charge is -2.10. The third-order valence-electron chi connectivity index (χ3n) is 5.99. The van der Waals surface area contributed by atoms with Gasteiger partial charge in [-0.2, -0.15) is 0 Å². The summed E-state index contributed by atoms with van der Waals surface area (Å²) in [5, 5.41) is 2.82. The highest BCUT2D eigenvalue weighted by atomic mass is 16.5. The largest absolute Gasteiger partial charge is 0.457 e. The highest BCUT2D eigenvalue weighted by molar-refractivity contribution is 5.90. The Labute approximate surface area is 228 Å². The van der Waals surface area contributed by atoms with E-state index < -0.39 is 0 Å². The molecule has 0 unspecified atom stereocenters. The molecule has 0 spiro atoms. The molecule has 5 aromatic carbocycles. The minimum Gasteiger partial charge on any atom is -0.457 e.